The van der Waals surface area contributed by atoms with E-state index in [0.717, 1.165) is 42.0 Å². The van der Waals surface area contributed by atoms with Crippen LogP contribution in [0.1, 0.15) is 55.3 Å². The van der Waals surface area contributed by atoms with Gasteiger partial charge >= 0.3 is 0 Å². The first-order valence-corrected chi connectivity index (χ1v) is 10.5. The van der Waals surface area contributed by atoms with E-state index in [1.165, 1.54) is 5.56 Å². The molecule has 0 bridgehead atoms. The van der Waals surface area contributed by atoms with Crippen molar-refractivity contribution in [2.75, 3.05) is 13.6 Å². The number of hydrogen-bond acceptors (Lipinski definition) is 5. The van der Waals surface area contributed by atoms with Crippen molar-refractivity contribution in [2.24, 2.45) is 4.99 Å². The van der Waals surface area contributed by atoms with Gasteiger partial charge in [-0.25, -0.2) is 4.98 Å². The second-order valence-corrected chi connectivity index (χ2v) is 7.34. The maximum atomic E-state index is 5.62. The predicted octanol–water partition coefficient (Wildman–Crippen LogP) is 5.07. The molecule has 0 atom stereocenters. The number of aryl methyl sites for hydroxylation is 1. The van der Waals surface area contributed by atoms with Gasteiger partial charge in [-0.2, -0.15) is 0 Å². The number of guanidine groups is 1. The second kappa shape index (κ2) is 12.5. The molecule has 0 saturated heterocycles. The van der Waals surface area contributed by atoms with Crippen LogP contribution in [0.15, 0.2) is 50.5 Å². The summed E-state index contributed by atoms with van der Waals surface area (Å²) in [4.78, 5) is 8.83. The first kappa shape index (κ1) is 24.9. The molecule has 0 aliphatic carbocycles. The Morgan fingerprint density at radius 2 is 1.87 bits per heavy atom. The van der Waals surface area contributed by atoms with E-state index in [4.69, 9.17) is 8.94 Å². The Bertz CT molecular complexity index is 945. The first-order chi connectivity index (χ1) is 14.6. The summed E-state index contributed by atoms with van der Waals surface area (Å²) in [6.07, 6.45) is 4.57. The van der Waals surface area contributed by atoms with Crippen LogP contribution in [-0.4, -0.2) is 29.7 Å². The summed E-state index contributed by atoms with van der Waals surface area (Å²) in [6, 6.07) is 10.2. The molecule has 0 amide bonds. The van der Waals surface area contributed by atoms with Gasteiger partial charge in [-0.3, -0.25) is 4.99 Å². The first-order valence-electron chi connectivity index (χ1n) is 10.5. The molecule has 1 aromatic carbocycles. The zero-order valence-electron chi connectivity index (χ0n) is 18.6. The summed E-state index contributed by atoms with van der Waals surface area (Å²) in [5.41, 5.74) is 4.12. The topological polar surface area (TPSA) is 88.5 Å². The lowest BCUT2D eigenvalue weighted by Crippen LogP contribution is -2.37. The van der Waals surface area contributed by atoms with Gasteiger partial charge in [0.1, 0.15) is 6.26 Å². The predicted molar refractivity (Wildman–Crippen MR) is 134 cm³/mol. The Hall–Kier alpha value is -2.36. The molecule has 0 aliphatic rings. The molecule has 0 radical (unpaired) electrons. The van der Waals surface area contributed by atoms with Crippen LogP contribution in [-0.2, 0) is 13.0 Å². The van der Waals surface area contributed by atoms with Gasteiger partial charge in [0, 0.05) is 37.6 Å². The lowest BCUT2D eigenvalue weighted by molar-refractivity contribution is 0.368. The molecule has 3 rings (SSSR count). The second-order valence-electron chi connectivity index (χ2n) is 7.34. The summed E-state index contributed by atoms with van der Waals surface area (Å²) in [5.74, 6) is 2.61. The Morgan fingerprint density at radius 3 is 2.55 bits per heavy atom. The molecular formula is C23H32IN5O2. The van der Waals surface area contributed by atoms with Crippen molar-refractivity contribution in [1.29, 1.82) is 0 Å². The zero-order valence-corrected chi connectivity index (χ0v) is 21.0. The molecule has 7 nitrogen and oxygen atoms in total. The van der Waals surface area contributed by atoms with Gasteiger partial charge in [0.25, 0.3) is 0 Å². The number of aromatic nitrogens is 2. The average Bonchev–Trinajstić information content (AvgIpc) is 3.42. The molecule has 8 heteroatoms. The van der Waals surface area contributed by atoms with Gasteiger partial charge in [0.05, 0.1) is 17.9 Å². The monoisotopic (exact) mass is 537 g/mol. The van der Waals surface area contributed by atoms with Crippen LogP contribution >= 0.6 is 24.0 Å². The Labute approximate surface area is 201 Å². The van der Waals surface area contributed by atoms with Crippen LogP contribution < -0.4 is 10.6 Å². The van der Waals surface area contributed by atoms with E-state index in [0.29, 0.717) is 30.9 Å². The molecule has 0 saturated carbocycles. The Morgan fingerprint density at radius 1 is 1.13 bits per heavy atom. The third-order valence-electron chi connectivity index (χ3n) is 5.16. The molecule has 0 spiro atoms. The molecular weight excluding hydrogens is 505 g/mol. The molecule has 0 fully saturated rings. The van der Waals surface area contributed by atoms with E-state index in [9.17, 15) is 0 Å². The van der Waals surface area contributed by atoms with Crippen LogP contribution in [0.3, 0.4) is 0 Å². The van der Waals surface area contributed by atoms with Crippen molar-refractivity contribution in [1.82, 2.24) is 20.8 Å². The summed E-state index contributed by atoms with van der Waals surface area (Å²) in [7, 11) is 1.75. The lowest BCUT2D eigenvalue weighted by Gasteiger charge is -2.09. The highest BCUT2D eigenvalue weighted by Gasteiger charge is 2.13. The third-order valence-corrected chi connectivity index (χ3v) is 5.16. The van der Waals surface area contributed by atoms with Crippen LogP contribution in [0.4, 0.5) is 0 Å². The number of aliphatic imine (C=N–C) groups is 1. The number of nitrogens with one attached hydrogen (secondary N) is 2. The minimum atomic E-state index is 0. The largest absolute Gasteiger partial charge is 0.444 e. The number of halogens is 1. The maximum absolute atomic E-state index is 5.62. The van der Waals surface area contributed by atoms with Crippen molar-refractivity contribution < 1.29 is 8.94 Å². The quantitative estimate of drug-likeness (QED) is 0.225. The zero-order chi connectivity index (χ0) is 21.3. The molecule has 2 N–H and O–H groups in total. The highest BCUT2D eigenvalue weighted by Crippen LogP contribution is 2.22. The van der Waals surface area contributed by atoms with Crippen molar-refractivity contribution in [3.63, 3.8) is 0 Å². The van der Waals surface area contributed by atoms with Crippen LogP contribution in [0, 0.1) is 6.92 Å². The van der Waals surface area contributed by atoms with Gasteiger partial charge in [0.15, 0.2) is 11.7 Å². The fourth-order valence-electron chi connectivity index (χ4n) is 3.26. The summed E-state index contributed by atoms with van der Waals surface area (Å²) in [5, 5.41) is 10.8. The minimum absolute atomic E-state index is 0. The van der Waals surface area contributed by atoms with E-state index < -0.39 is 0 Å². The summed E-state index contributed by atoms with van der Waals surface area (Å²) >= 11 is 0. The molecule has 3 aromatic rings. The smallest absolute Gasteiger partial charge is 0.226 e. The van der Waals surface area contributed by atoms with Crippen LogP contribution in [0.25, 0.3) is 11.5 Å². The fourth-order valence-corrected chi connectivity index (χ4v) is 3.26. The summed E-state index contributed by atoms with van der Waals surface area (Å²) in [6.45, 7) is 7.63. The minimum Gasteiger partial charge on any atom is -0.444 e. The Kier molecular flexibility index (Phi) is 10.0. The van der Waals surface area contributed by atoms with Crippen molar-refractivity contribution in [2.45, 2.75) is 52.5 Å². The van der Waals surface area contributed by atoms with Gasteiger partial charge < -0.3 is 19.6 Å². The highest BCUT2D eigenvalue weighted by molar-refractivity contribution is 14.0. The van der Waals surface area contributed by atoms with Crippen molar-refractivity contribution in [3.8, 4) is 11.5 Å². The highest BCUT2D eigenvalue weighted by atomic mass is 127. The normalized spacial score (nSPS) is 11.5. The maximum Gasteiger partial charge on any atom is 0.226 e. The number of oxazole rings is 1. The summed E-state index contributed by atoms with van der Waals surface area (Å²) < 4.78 is 11.1. The number of hydrogen-bond donors (Lipinski definition) is 2. The van der Waals surface area contributed by atoms with Gasteiger partial charge in [-0.05, 0) is 31.9 Å². The number of rotatable bonds is 9. The van der Waals surface area contributed by atoms with E-state index in [-0.39, 0.29) is 24.0 Å². The van der Waals surface area contributed by atoms with Gasteiger partial charge in [0.2, 0.25) is 5.89 Å². The molecule has 2 aromatic heterocycles. The van der Waals surface area contributed by atoms with Crippen LogP contribution in [0.2, 0.25) is 0 Å². The molecule has 168 valence electrons. The molecule has 0 unspecified atom stereocenters. The van der Waals surface area contributed by atoms with E-state index in [2.05, 4.69) is 58.7 Å². The van der Waals surface area contributed by atoms with E-state index in [1.807, 2.05) is 18.2 Å². The SMILES string of the molecule is CCC(CC)c1cc(CNC(=NC)NCCc2coc(-c3ccc(C)cc3)n2)on1.I. The number of benzene rings is 1. The van der Waals surface area contributed by atoms with Gasteiger partial charge in [-0.15, -0.1) is 24.0 Å². The molecule has 0 aliphatic heterocycles. The molecule has 31 heavy (non-hydrogen) atoms. The van der Waals surface area contributed by atoms with E-state index >= 15 is 0 Å². The lowest BCUT2D eigenvalue weighted by atomic mass is 9.99. The average molecular weight is 537 g/mol. The third kappa shape index (κ3) is 7.09. The standard InChI is InChI=1S/C23H31N5O2.HI/c1-5-17(6-2)21-13-20(30-28-21)14-26-23(24-4)25-12-11-19-15-29-22(27-19)18-9-7-16(3)8-10-18;/h7-10,13,15,17H,5-6,11-12,14H2,1-4H3,(H2,24,25,26);1H. The van der Waals surface area contributed by atoms with Gasteiger partial charge in [-0.1, -0.05) is 36.7 Å². The van der Waals surface area contributed by atoms with Crippen LogP contribution in [0.5, 0.6) is 0 Å². The van der Waals surface area contributed by atoms with E-state index in [1.54, 1.807) is 13.3 Å². The van der Waals surface area contributed by atoms with Crippen molar-refractivity contribution in [3.05, 3.63) is 59.3 Å². The van der Waals surface area contributed by atoms with Crippen molar-refractivity contribution >= 4 is 29.9 Å². The Balaban J connectivity index is 0.00000341. The molecule has 2 heterocycles. The number of nitrogens with zero attached hydrogens (tertiary/aromatic N) is 3. The fraction of sp³-hybridized carbons (Fsp3) is 0.435.